The first-order chi connectivity index (χ1) is 10.8. The van der Waals surface area contributed by atoms with E-state index in [1.807, 2.05) is 0 Å². The van der Waals surface area contributed by atoms with Gasteiger partial charge in [0.05, 0.1) is 0 Å². The van der Waals surface area contributed by atoms with Gasteiger partial charge in [0.15, 0.2) is 0 Å². The number of allylic oxidation sites excluding steroid dienone is 2. The molecule has 2 aliphatic carbocycles. The Morgan fingerprint density at radius 3 is 2.74 bits per heavy atom. The van der Waals surface area contributed by atoms with E-state index in [2.05, 4.69) is 46.8 Å². The molecule has 0 bridgehead atoms. The summed E-state index contributed by atoms with van der Waals surface area (Å²) >= 11 is 0. The summed E-state index contributed by atoms with van der Waals surface area (Å²) in [5.41, 5.74) is 0.631. The van der Waals surface area contributed by atoms with Crippen LogP contribution in [0.4, 0.5) is 0 Å². The zero-order valence-electron chi connectivity index (χ0n) is 16.2. The van der Waals surface area contributed by atoms with Crippen molar-refractivity contribution >= 4 is 5.78 Å². The third kappa shape index (κ3) is 3.91. The molecule has 0 aromatic heterocycles. The molecule has 0 saturated heterocycles. The Balaban J connectivity index is 2.19. The van der Waals surface area contributed by atoms with Crippen molar-refractivity contribution in [1.29, 1.82) is 0 Å². The number of rotatable bonds is 7. The van der Waals surface area contributed by atoms with Crippen LogP contribution in [0, 0.1) is 28.6 Å². The summed E-state index contributed by atoms with van der Waals surface area (Å²) in [6.07, 6.45) is 15.4. The van der Waals surface area contributed by atoms with Gasteiger partial charge in [0.25, 0.3) is 0 Å². The molecule has 1 unspecified atom stereocenters. The van der Waals surface area contributed by atoms with E-state index in [4.69, 9.17) is 0 Å². The molecule has 2 aliphatic rings. The minimum atomic E-state index is 0.267. The highest BCUT2D eigenvalue weighted by Gasteiger charge is 2.55. The van der Waals surface area contributed by atoms with Gasteiger partial charge in [-0.05, 0) is 68.1 Å². The minimum absolute atomic E-state index is 0.267. The van der Waals surface area contributed by atoms with Gasteiger partial charge in [0, 0.05) is 12.3 Å². The van der Waals surface area contributed by atoms with Crippen LogP contribution in [0.3, 0.4) is 0 Å². The fourth-order valence-electron chi connectivity index (χ4n) is 5.79. The zero-order chi connectivity index (χ0) is 17.1. The average molecular weight is 319 g/mol. The van der Waals surface area contributed by atoms with Crippen molar-refractivity contribution in [2.75, 3.05) is 0 Å². The van der Waals surface area contributed by atoms with Crippen molar-refractivity contribution in [1.82, 2.24) is 0 Å². The Hall–Kier alpha value is -0.590. The molecule has 0 aromatic carbocycles. The molecular weight excluding hydrogens is 280 g/mol. The highest BCUT2D eigenvalue weighted by Crippen LogP contribution is 2.61. The molecule has 0 N–H and O–H groups in total. The van der Waals surface area contributed by atoms with Crippen molar-refractivity contribution in [3.05, 3.63) is 12.2 Å². The highest BCUT2D eigenvalue weighted by atomic mass is 16.1. The maximum atomic E-state index is 12.5. The van der Waals surface area contributed by atoms with Crippen LogP contribution in [0.1, 0.15) is 92.4 Å². The molecular formula is C22H38O. The lowest BCUT2D eigenvalue weighted by molar-refractivity contribution is -0.131. The number of ketones is 1. The third-order valence-corrected chi connectivity index (χ3v) is 7.05. The van der Waals surface area contributed by atoms with Crippen LogP contribution < -0.4 is 0 Å². The Labute approximate surface area is 144 Å². The lowest BCUT2D eigenvalue weighted by atomic mass is 9.56. The van der Waals surface area contributed by atoms with Gasteiger partial charge >= 0.3 is 0 Å². The SMILES string of the molecule is C/C=C\C[C@@](C)(CCCC(C)C)[C@H]1CCC2C(=O)CCC[C@@]21C. The fourth-order valence-corrected chi connectivity index (χ4v) is 5.79. The highest BCUT2D eigenvalue weighted by molar-refractivity contribution is 5.83. The normalized spacial score (nSPS) is 34.1. The maximum Gasteiger partial charge on any atom is 0.136 e. The van der Waals surface area contributed by atoms with Crippen molar-refractivity contribution in [2.24, 2.45) is 28.6 Å². The third-order valence-electron chi connectivity index (χ3n) is 7.05. The van der Waals surface area contributed by atoms with Crippen molar-refractivity contribution in [2.45, 2.75) is 92.4 Å². The van der Waals surface area contributed by atoms with Crippen molar-refractivity contribution < 1.29 is 4.79 Å². The lowest BCUT2D eigenvalue weighted by Gasteiger charge is -2.48. The largest absolute Gasteiger partial charge is 0.299 e. The number of carbonyl (C=O) groups excluding carboxylic acids is 1. The second-order valence-electron chi connectivity index (χ2n) is 9.22. The first-order valence-corrected chi connectivity index (χ1v) is 9.97. The quantitative estimate of drug-likeness (QED) is 0.485. The van der Waals surface area contributed by atoms with Crippen LogP contribution >= 0.6 is 0 Å². The monoisotopic (exact) mass is 318 g/mol. The first-order valence-electron chi connectivity index (χ1n) is 9.97. The average Bonchev–Trinajstić information content (AvgIpc) is 2.84. The van der Waals surface area contributed by atoms with Gasteiger partial charge in [-0.25, -0.2) is 0 Å². The molecule has 2 saturated carbocycles. The number of hydrogen-bond donors (Lipinski definition) is 0. The summed E-state index contributed by atoms with van der Waals surface area (Å²) in [4.78, 5) is 12.5. The number of carbonyl (C=O) groups is 1. The first kappa shape index (κ1) is 18.7. The van der Waals surface area contributed by atoms with Crippen molar-refractivity contribution in [3.8, 4) is 0 Å². The lowest BCUT2D eigenvalue weighted by Crippen LogP contribution is -2.43. The molecule has 0 spiro atoms. The van der Waals surface area contributed by atoms with Gasteiger partial charge in [-0.15, -0.1) is 0 Å². The molecule has 2 rings (SSSR count). The zero-order valence-corrected chi connectivity index (χ0v) is 16.2. The van der Waals surface area contributed by atoms with E-state index < -0.39 is 0 Å². The number of Topliss-reactive ketones (excluding diaryl/α,β-unsaturated/α-hetero) is 1. The number of fused-ring (bicyclic) bond motifs is 1. The molecule has 4 atom stereocenters. The summed E-state index contributed by atoms with van der Waals surface area (Å²) in [7, 11) is 0. The van der Waals surface area contributed by atoms with Crippen LogP contribution in [0.15, 0.2) is 12.2 Å². The van der Waals surface area contributed by atoms with Crippen LogP contribution in [0.2, 0.25) is 0 Å². The maximum absolute atomic E-state index is 12.5. The van der Waals surface area contributed by atoms with E-state index in [1.54, 1.807) is 0 Å². The molecule has 2 fully saturated rings. The van der Waals surface area contributed by atoms with Gasteiger partial charge in [0.1, 0.15) is 5.78 Å². The van der Waals surface area contributed by atoms with Crippen molar-refractivity contribution in [3.63, 3.8) is 0 Å². The Kier molecular flexibility index (Phi) is 6.14. The molecule has 0 aromatic rings. The number of hydrogen-bond acceptors (Lipinski definition) is 1. The Morgan fingerprint density at radius 1 is 1.35 bits per heavy atom. The fraction of sp³-hybridized carbons (Fsp3) is 0.864. The van der Waals surface area contributed by atoms with Crippen LogP contribution in [-0.2, 0) is 4.79 Å². The van der Waals surface area contributed by atoms with E-state index in [-0.39, 0.29) is 5.41 Å². The van der Waals surface area contributed by atoms with Gasteiger partial charge in [-0.1, -0.05) is 52.7 Å². The summed E-state index contributed by atoms with van der Waals surface area (Å²) in [5.74, 6) is 2.44. The molecule has 132 valence electrons. The van der Waals surface area contributed by atoms with Crippen LogP contribution in [0.5, 0.6) is 0 Å². The van der Waals surface area contributed by atoms with Gasteiger partial charge in [0.2, 0.25) is 0 Å². The summed E-state index contributed by atoms with van der Waals surface area (Å²) in [6.45, 7) is 11.8. The second-order valence-corrected chi connectivity index (χ2v) is 9.22. The van der Waals surface area contributed by atoms with E-state index in [1.165, 1.54) is 38.5 Å². The van der Waals surface area contributed by atoms with E-state index in [9.17, 15) is 4.79 Å². The van der Waals surface area contributed by atoms with Crippen LogP contribution in [-0.4, -0.2) is 5.78 Å². The molecule has 1 heteroatoms. The van der Waals surface area contributed by atoms with Crippen LogP contribution in [0.25, 0.3) is 0 Å². The molecule has 1 nitrogen and oxygen atoms in total. The summed E-state index contributed by atoms with van der Waals surface area (Å²) in [6, 6.07) is 0. The molecule has 0 aliphatic heterocycles. The molecule has 0 amide bonds. The molecule has 23 heavy (non-hydrogen) atoms. The van der Waals surface area contributed by atoms with Gasteiger partial charge < -0.3 is 0 Å². The second kappa shape index (κ2) is 7.53. The summed E-state index contributed by atoms with van der Waals surface area (Å²) in [5, 5.41) is 0. The predicted octanol–water partition coefficient (Wildman–Crippen LogP) is 6.57. The minimum Gasteiger partial charge on any atom is -0.299 e. The van der Waals surface area contributed by atoms with Gasteiger partial charge in [-0.2, -0.15) is 0 Å². The van der Waals surface area contributed by atoms with Gasteiger partial charge in [-0.3, -0.25) is 4.79 Å². The predicted molar refractivity (Wildman–Crippen MR) is 99.4 cm³/mol. The standard InChI is InChI=1S/C22H38O/c1-6-7-14-21(4,15-8-10-17(2)3)20-13-12-18-19(23)11-9-16-22(18,20)5/h6-7,17-18,20H,8-16H2,1-5H3/b7-6-/t18?,20-,21+,22+/m1/s1. The Morgan fingerprint density at radius 2 is 2.09 bits per heavy atom. The molecule has 0 radical (unpaired) electrons. The van der Waals surface area contributed by atoms with E-state index >= 15 is 0 Å². The molecule has 0 heterocycles. The van der Waals surface area contributed by atoms with E-state index in [0.717, 1.165) is 25.2 Å². The topological polar surface area (TPSA) is 17.1 Å². The Bertz CT molecular complexity index is 435. The summed E-state index contributed by atoms with van der Waals surface area (Å²) < 4.78 is 0. The smallest absolute Gasteiger partial charge is 0.136 e. The van der Waals surface area contributed by atoms with E-state index in [0.29, 0.717) is 23.0 Å².